The summed E-state index contributed by atoms with van der Waals surface area (Å²) in [5.74, 6) is 0.313. The molecule has 199 valence electrons. The first kappa shape index (κ1) is 27.2. The van der Waals surface area contributed by atoms with Crippen LogP contribution in [0.3, 0.4) is 0 Å². The van der Waals surface area contributed by atoms with Crippen molar-refractivity contribution in [3.63, 3.8) is 0 Å². The number of nitrogens with zero attached hydrogens (tertiary/aromatic N) is 3. The summed E-state index contributed by atoms with van der Waals surface area (Å²) < 4.78 is 37.0. The van der Waals surface area contributed by atoms with Gasteiger partial charge in [0.15, 0.2) is 0 Å². The Hall–Kier alpha value is -3.80. The van der Waals surface area contributed by atoms with Crippen LogP contribution in [0.4, 0.5) is 11.4 Å². The topological polar surface area (TPSA) is 119 Å². The Bertz CT molecular complexity index is 1400. The quantitative estimate of drug-likeness (QED) is 0.300. The molecule has 0 N–H and O–H groups in total. The predicted octanol–water partition coefficient (Wildman–Crippen LogP) is 3.60. The highest BCUT2D eigenvalue weighted by Crippen LogP contribution is 2.27. The van der Waals surface area contributed by atoms with Gasteiger partial charge < -0.3 is 14.4 Å². The number of nitro benzene ring substituents is 1. The van der Waals surface area contributed by atoms with Gasteiger partial charge in [-0.3, -0.25) is 19.8 Å². The molecule has 1 aliphatic rings. The first-order valence-corrected chi connectivity index (χ1v) is 13.4. The summed E-state index contributed by atoms with van der Waals surface area (Å²) in [4.78, 5) is 26.9. The Morgan fingerprint density at radius 1 is 1.05 bits per heavy atom. The minimum Gasteiger partial charge on any atom is -0.492 e. The maximum Gasteiger partial charge on any atom is 0.269 e. The van der Waals surface area contributed by atoms with Crippen LogP contribution < -0.4 is 9.64 Å². The zero-order valence-corrected chi connectivity index (χ0v) is 21.7. The van der Waals surface area contributed by atoms with Crippen LogP contribution >= 0.6 is 0 Å². The van der Waals surface area contributed by atoms with E-state index in [4.69, 9.17) is 9.47 Å². The SMILES string of the molecule is [CH2]c1cc(N(C)C(=O)c2ccc(S(=O)(=O)c3ccc([N+](=O)[O-])cc3)cc2)ccc1OCCN1CCOCC1. The van der Waals surface area contributed by atoms with Gasteiger partial charge in [0.05, 0.1) is 27.9 Å². The number of nitro groups is 1. The number of morpholine rings is 1. The molecule has 1 aliphatic heterocycles. The monoisotopic (exact) mass is 538 g/mol. The third-order valence-corrected chi connectivity index (χ3v) is 8.06. The van der Waals surface area contributed by atoms with E-state index in [0.29, 0.717) is 29.2 Å². The first-order chi connectivity index (χ1) is 18.2. The number of anilines is 1. The van der Waals surface area contributed by atoms with Gasteiger partial charge in [-0.05, 0) is 67.1 Å². The summed E-state index contributed by atoms with van der Waals surface area (Å²) in [7, 11) is -2.28. The van der Waals surface area contributed by atoms with E-state index in [2.05, 4.69) is 11.8 Å². The van der Waals surface area contributed by atoms with E-state index < -0.39 is 14.8 Å². The molecule has 1 amide bonds. The number of carbonyl (C=O) groups is 1. The van der Waals surface area contributed by atoms with Crippen molar-refractivity contribution in [3.8, 4) is 5.75 Å². The number of sulfone groups is 1. The molecule has 1 radical (unpaired) electrons. The normalized spacial score (nSPS) is 14.2. The van der Waals surface area contributed by atoms with Gasteiger partial charge in [0.1, 0.15) is 12.4 Å². The highest BCUT2D eigenvalue weighted by Gasteiger charge is 2.21. The Morgan fingerprint density at radius 3 is 2.24 bits per heavy atom. The Kier molecular flexibility index (Phi) is 8.40. The molecule has 1 saturated heterocycles. The van der Waals surface area contributed by atoms with E-state index in [-0.39, 0.29) is 21.4 Å². The number of hydrogen-bond donors (Lipinski definition) is 0. The van der Waals surface area contributed by atoms with Crippen molar-refractivity contribution < 1.29 is 27.6 Å². The molecule has 0 atom stereocenters. The van der Waals surface area contributed by atoms with E-state index in [0.717, 1.165) is 45.0 Å². The number of non-ortho nitro benzene ring substituents is 1. The van der Waals surface area contributed by atoms with Crippen molar-refractivity contribution in [2.45, 2.75) is 9.79 Å². The molecule has 0 saturated carbocycles. The number of amides is 1. The van der Waals surface area contributed by atoms with Crippen LogP contribution in [0.25, 0.3) is 0 Å². The molecule has 11 heteroatoms. The molecule has 3 aromatic rings. The molecule has 38 heavy (non-hydrogen) atoms. The zero-order chi connectivity index (χ0) is 27.3. The highest BCUT2D eigenvalue weighted by molar-refractivity contribution is 7.91. The maximum absolute atomic E-state index is 13.1. The molecule has 0 bridgehead atoms. The standard InChI is InChI=1S/C27H28N3O7S/c1-20-19-23(7-12-26(20)37-18-15-29-13-16-36-17-14-29)28(2)27(31)21-3-8-24(9-4-21)38(34,35)25-10-5-22(6-11-25)30(32)33/h3-12,19H,1,13-18H2,2H3. The smallest absolute Gasteiger partial charge is 0.269 e. The van der Waals surface area contributed by atoms with Gasteiger partial charge in [0, 0.05) is 50.1 Å². The second kappa shape index (κ2) is 11.7. The molecular formula is C27H28N3O7S. The minimum absolute atomic E-state index is 0.0239. The summed E-state index contributed by atoms with van der Waals surface area (Å²) in [5, 5.41) is 10.8. The number of rotatable bonds is 9. The van der Waals surface area contributed by atoms with Crippen LogP contribution in [0.1, 0.15) is 15.9 Å². The third kappa shape index (κ3) is 6.18. The lowest BCUT2D eigenvalue weighted by atomic mass is 10.1. The fourth-order valence-electron chi connectivity index (χ4n) is 4.00. The van der Waals surface area contributed by atoms with Gasteiger partial charge in [-0.1, -0.05) is 0 Å². The zero-order valence-electron chi connectivity index (χ0n) is 20.9. The molecule has 3 aromatic carbocycles. The Balaban J connectivity index is 1.40. The lowest BCUT2D eigenvalue weighted by Crippen LogP contribution is -2.38. The van der Waals surface area contributed by atoms with E-state index in [1.807, 2.05) is 0 Å². The summed E-state index contributed by atoms with van der Waals surface area (Å²) >= 11 is 0. The van der Waals surface area contributed by atoms with Gasteiger partial charge in [-0.15, -0.1) is 0 Å². The van der Waals surface area contributed by atoms with Crippen LogP contribution in [0.2, 0.25) is 0 Å². The van der Waals surface area contributed by atoms with Crippen molar-refractivity contribution in [1.82, 2.24) is 4.90 Å². The summed E-state index contributed by atoms with van der Waals surface area (Å²) in [6, 6.07) is 15.5. The van der Waals surface area contributed by atoms with E-state index in [1.165, 1.54) is 41.3 Å². The number of ether oxygens (including phenoxy) is 2. The average Bonchev–Trinajstić information content (AvgIpc) is 2.93. The van der Waals surface area contributed by atoms with Gasteiger partial charge in [0.25, 0.3) is 11.6 Å². The molecule has 1 fully saturated rings. The van der Waals surface area contributed by atoms with Crippen LogP contribution in [-0.2, 0) is 14.6 Å². The lowest BCUT2D eigenvalue weighted by molar-refractivity contribution is -0.384. The van der Waals surface area contributed by atoms with E-state index >= 15 is 0 Å². The van der Waals surface area contributed by atoms with E-state index in [9.17, 15) is 23.3 Å². The van der Waals surface area contributed by atoms with Crippen molar-refractivity contribution in [1.29, 1.82) is 0 Å². The highest BCUT2D eigenvalue weighted by atomic mass is 32.2. The lowest BCUT2D eigenvalue weighted by Gasteiger charge is -2.26. The Labute approximate surface area is 221 Å². The maximum atomic E-state index is 13.1. The van der Waals surface area contributed by atoms with Crippen LogP contribution in [-0.4, -0.2) is 70.7 Å². The molecule has 4 rings (SSSR count). The van der Waals surface area contributed by atoms with Gasteiger partial charge in [-0.25, -0.2) is 8.42 Å². The fraction of sp³-hybridized carbons (Fsp3) is 0.259. The number of carbonyl (C=O) groups excluding carboxylic acids is 1. The van der Waals surface area contributed by atoms with Crippen LogP contribution in [0.5, 0.6) is 5.75 Å². The van der Waals surface area contributed by atoms with Crippen molar-refractivity contribution in [3.05, 3.63) is 94.9 Å². The molecule has 0 unspecified atom stereocenters. The van der Waals surface area contributed by atoms with Gasteiger partial charge >= 0.3 is 0 Å². The van der Waals surface area contributed by atoms with Crippen molar-refractivity contribution in [2.75, 3.05) is 51.4 Å². The summed E-state index contributed by atoms with van der Waals surface area (Å²) in [6.07, 6.45) is 0. The Morgan fingerprint density at radius 2 is 1.66 bits per heavy atom. The molecule has 0 aromatic heterocycles. The van der Waals surface area contributed by atoms with E-state index in [1.54, 1.807) is 25.2 Å². The van der Waals surface area contributed by atoms with Gasteiger partial charge in [-0.2, -0.15) is 0 Å². The molecule has 0 spiro atoms. The van der Waals surface area contributed by atoms with Gasteiger partial charge in [0.2, 0.25) is 9.84 Å². The second-order valence-electron chi connectivity index (χ2n) is 8.74. The van der Waals surface area contributed by atoms with Crippen molar-refractivity contribution >= 4 is 27.1 Å². The molecule has 10 nitrogen and oxygen atoms in total. The fourth-order valence-corrected chi connectivity index (χ4v) is 5.26. The molecular weight excluding hydrogens is 510 g/mol. The third-order valence-electron chi connectivity index (χ3n) is 6.27. The summed E-state index contributed by atoms with van der Waals surface area (Å²) in [5.41, 5.74) is 1.36. The first-order valence-electron chi connectivity index (χ1n) is 11.9. The molecule has 0 aliphatic carbocycles. The summed E-state index contributed by atoms with van der Waals surface area (Å²) in [6.45, 7) is 8.58. The largest absolute Gasteiger partial charge is 0.492 e. The predicted molar refractivity (Wildman–Crippen MR) is 141 cm³/mol. The van der Waals surface area contributed by atoms with Crippen molar-refractivity contribution in [2.24, 2.45) is 0 Å². The van der Waals surface area contributed by atoms with Crippen LogP contribution in [0.15, 0.2) is 76.5 Å². The van der Waals surface area contributed by atoms with Crippen LogP contribution in [0, 0.1) is 17.0 Å². The number of benzene rings is 3. The minimum atomic E-state index is -3.90. The average molecular weight is 539 g/mol. The molecule has 1 heterocycles. The number of hydrogen-bond acceptors (Lipinski definition) is 8. The second-order valence-corrected chi connectivity index (χ2v) is 10.7.